The molecule has 0 aromatic heterocycles. The number of aliphatic hydroxyl groups is 1. The van der Waals surface area contributed by atoms with Crippen LogP contribution in [0.5, 0.6) is 0 Å². The van der Waals surface area contributed by atoms with Gasteiger partial charge in [0.25, 0.3) is 0 Å². The van der Waals surface area contributed by atoms with Crippen molar-refractivity contribution in [2.45, 2.75) is 71.7 Å². The molecule has 0 amide bonds. The number of aliphatic hydroxyl groups excluding tert-OH is 1. The Morgan fingerprint density at radius 2 is 2.11 bits per heavy atom. The summed E-state index contributed by atoms with van der Waals surface area (Å²) >= 11 is 0. The zero-order valence-electron chi connectivity index (χ0n) is 12.2. The molecule has 1 rings (SSSR count). The van der Waals surface area contributed by atoms with Gasteiger partial charge in [-0.15, -0.1) is 0 Å². The lowest BCUT2D eigenvalue weighted by molar-refractivity contribution is -0.147. The predicted octanol–water partition coefficient (Wildman–Crippen LogP) is 2.87. The van der Waals surface area contributed by atoms with Crippen molar-refractivity contribution < 1.29 is 14.6 Å². The molecule has 18 heavy (non-hydrogen) atoms. The number of hydrogen-bond acceptors (Lipinski definition) is 3. The second-order valence-corrected chi connectivity index (χ2v) is 6.84. The smallest absolute Gasteiger partial charge is 0.130 e. The van der Waals surface area contributed by atoms with E-state index in [9.17, 15) is 9.90 Å². The van der Waals surface area contributed by atoms with Crippen LogP contribution >= 0.6 is 0 Å². The highest BCUT2D eigenvalue weighted by Gasteiger charge is 2.44. The summed E-state index contributed by atoms with van der Waals surface area (Å²) < 4.78 is 6.06. The fourth-order valence-corrected chi connectivity index (χ4v) is 2.77. The number of ether oxygens (including phenoxy) is 1. The van der Waals surface area contributed by atoms with Gasteiger partial charge < -0.3 is 14.6 Å². The topological polar surface area (TPSA) is 46.5 Å². The minimum atomic E-state index is -0.516. The first-order valence-corrected chi connectivity index (χ1v) is 6.56. The fraction of sp³-hybridized carbons (Fsp3) is 0.800. The monoisotopic (exact) mass is 254 g/mol. The largest absolute Gasteiger partial charge is 0.389 e. The van der Waals surface area contributed by atoms with Crippen molar-refractivity contribution in [2.24, 2.45) is 5.41 Å². The van der Waals surface area contributed by atoms with E-state index in [4.69, 9.17) is 4.74 Å². The van der Waals surface area contributed by atoms with E-state index >= 15 is 0 Å². The van der Waals surface area contributed by atoms with E-state index in [1.54, 1.807) is 6.92 Å². The lowest BCUT2D eigenvalue weighted by Gasteiger charge is -2.46. The fourth-order valence-electron chi connectivity index (χ4n) is 2.77. The van der Waals surface area contributed by atoms with Crippen LogP contribution in [0.25, 0.3) is 0 Å². The highest BCUT2D eigenvalue weighted by molar-refractivity contribution is 5.76. The van der Waals surface area contributed by atoms with Crippen LogP contribution in [0.4, 0.5) is 0 Å². The van der Waals surface area contributed by atoms with E-state index in [2.05, 4.69) is 13.5 Å². The molecule has 0 radical (unpaired) electrons. The van der Waals surface area contributed by atoms with Crippen LogP contribution < -0.4 is 0 Å². The van der Waals surface area contributed by atoms with Crippen LogP contribution in [0.2, 0.25) is 0 Å². The van der Waals surface area contributed by atoms with Crippen molar-refractivity contribution >= 4 is 5.78 Å². The van der Waals surface area contributed by atoms with E-state index < -0.39 is 6.10 Å². The molecule has 0 aromatic rings. The maximum Gasteiger partial charge on any atom is 0.130 e. The van der Waals surface area contributed by atoms with Crippen molar-refractivity contribution in [1.29, 1.82) is 0 Å². The Kier molecular flexibility index (Phi) is 4.39. The molecule has 0 spiro atoms. The number of hydrogen-bond donors (Lipinski definition) is 1. The van der Waals surface area contributed by atoms with Gasteiger partial charge in [0.15, 0.2) is 0 Å². The van der Waals surface area contributed by atoms with Gasteiger partial charge in [-0.1, -0.05) is 13.5 Å². The summed E-state index contributed by atoms with van der Waals surface area (Å²) in [7, 11) is 0. The van der Waals surface area contributed by atoms with Crippen LogP contribution in [0.1, 0.15) is 53.9 Å². The summed E-state index contributed by atoms with van der Waals surface area (Å²) in [6.07, 6.45) is 1.02. The zero-order valence-corrected chi connectivity index (χ0v) is 12.2. The Balaban J connectivity index is 2.93. The Bertz CT molecular complexity index is 340. The SMILES string of the molecule is C=C1C[C@@](C)(CC(C)=O)[C@@H](OC(C)(C)C)C[C@@H]1O. The summed E-state index contributed by atoms with van der Waals surface area (Å²) in [5, 5.41) is 9.95. The standard InChI is InChI=1S/C15H26O3/c1-10-8-15(6,9-11(2)16)13(7-12(10)17)18-14(3,4)5/h12-13,17H,1,7-9H2,2-6H3/t12-,13-,15-/m0/s1. The molecule has 0 saturated heterocycles. The molecule has 0 aromatic carbocycles. The normalized spacial score (nSPS) is 33.6. The average molecular weight is 254 g/mol. The zero-order chi connectivity index (χ0) is 14.1. The Hall–Kier alpha value is -0.670. The third-order valence-electron chi connectivity index (χ3n) is 3.47. The summed E-state index contributed by atoms with van der Waals surface area (Å²) in [5.74, 6) is 0.157. The highest BCUT2D eigenvalue weighted by atomic mass is 16.5. The summed E-state index contributed by atoms with van der Waals surface area (Å²) in [4.78, 5) is 11.5. The van der Waals surface area contributed by atoms with Crippen molar-refractivity contribution in [1.82, 2.24) is 0 Å². The molecule has 1 aliphatic carbocycles. The van der Waals surface area contributed by atoms with Gasteiger partial charge in [0.2, 0.25) is 0 Å². The second kappa shape index (κ2) is 5.14. The minimum Gasteiger partial charge on any atom is -0.389 e. The van der Waals surface area contributed by atoms with Crippen LogP contribution in [-0.2, 0) is 9.53 Å². The maximum absolute atomic E-state index is 11.5. The van der Waals surface area contributed by atoms with Crippen LogP contribution in [-0.4, -0.2) is 28.7 Å². The molecule has 1 N–H and O–H groups in total. The van der Waals surface area contributed by atoms with Crippen LogP contribution in [0, 0.1) is 5.41 Å². The lowest BCUT2D eigenvalue weighted by Crippen LogP contribution is -2.47. The molecule has 0 heterocycles. The minimum absolute atomic E-state index is 0.109. The van der Waals surface area contributed by atoms with Gasteiger partial charge in [0, 0.05) is 18.3 Å². The van der Waals surface area contributed by atoms with Gasteiger partial charge in [0.05, 0.1) is 17.8 Å². The molecular formula is C15H26O3. The quantitative estimate of drug-likeness (QED) is 0.788. The molecular weight excluding hydrogens is 228 g/mol. The molecule has 3 heteroatoms. The van der Waals surface area contributed by atoms with Gasteiger partial charge in [-0.3, -0.25) is 0 Å². The first-order chi connectivity index (χ1) is 8.03. The van der Waals surface area contributed by atoms with E-state index in [0.29, 0.717) is 19.3 Å². The summed E-state index contributed by atoms with van der Waals surface area (Å²) in [5.41, 5.74) is 0.281. The summed E-state index contributed by atoms with van der Waals surface area (Å²) in [6.45, 7) is 13.6. The third-order valence-corrected chi connectivity index (χ3v) is 3.47. The summed E-state index contributed by atoms with van der Waals surface area (Å²) in [6, 6.07) is 0. The molecule has 104 valence electrons. The van der Waals surface area contributed by atoms with Gasteiger partial charge in [-0.25, -0.2) is 0 Å². The molecule has 3 atom stereocenters. The number of rotatable bonds is 3. The Morgan fingerprint density at radius 1 is 1.56 bits per heavy atom. The molecule has 0 unspecified atom stereocenters. The van der Waals surface area contributed by atoms with E-state index in [1.807, 2.05) is 20.8 Å². The van der Waals surface area contributed by atoms with Crippen molar-refractivity contribution in [3.63, 3.8) is 0 Å². The van der Waals surface area contributed by atoms with Crippen molar-refractivity contribution in [3.05, 3.63) is 12.2 Å². The van der Waals surface area contributed by atoms with Gasteiger partial charge in [-0.2, -0.15) is 0 Å². The van der Waals surface area contributed by atoms with Gasteiger partial charge in [0.1, 0.15) is 5.78 Å². The number of carbonyl (C=O) groups is 1. The molecule has 1 saturated carbocycles. The van der Waals surface area contributed by atoms with Crippen molar-refractivity contribution in [2.75, 3.05) is 0 Å². The molecule has 0 aliphatic heterocycles. The maximum atomic E-state index is 11.5. The molecule has 3 nitrogen and oxygen atoms in total. The van der Waals surface area contributed by atoms with Gasteiger partial charge >= 0.3 is 0 Å². The average Bonchev–Trinajstić information content (AvgIpc) is 2.10. The molecule has 1 fully saturated rings. The van der Waals surface area contributed by atoms with E-state index in [0.717, 1.165) is 5.57 Å². The number of Topliss-reactive ketones (excluding diaryl/α,β-unsaturated/α-hetero) is 1. The van der Waals surface area contributed by atoms with E-state index in [1.165, 1.54) is 0 Å². The van der Waals surface area contributed by atoms with Crippen LogP contribution in [0.15, 0.2) is 12.2 Å². The van der Waals surface area contributed by atoms with Gasteiger partial charge in [-0.05, 0) is 39.7 Å². The molecule has 1 aliphatic rings. The van der Waals surface area contributed by atoms with Crippen molar-refractivity contribution in [3.8, 4) is 0 Å². The van der Waals surface area contributed by atoms with Crippen LogP contribution in [0.3, 0.4) is 0 Å². The first-order valence-electron chi connectivity index (χ1n) is 6.56. The molecule has 0 bridgehead atoms. The Labute approximate surface area is 110 Å². The Morgan fingerprint density at radius 3 is 2.56 bits per heavy atom. The second-order valence-electron chi connectivity index (χ2n) is 6.84. The van der Waals surface area contributed by atoms with E-state index in [-0.39, 0.29) is 22.9 Å². The lowest BCUT2D eigenvalue weighted by atomic mass is 9.67. The highest BCUT2D eigenvalue weighted by Crippen LogP contribution is 2.44. The predicted molar refractivity (Wildman–Crippen MR) is 72.4 cm³/mol. The first kappa shape index (κ1) is 15.4. The third kappa shape index (κ3) is 3.92. The number of ketones is 1. The number of carbonyl (C=O) groups excluding carboxylic acids is 1.